The zero-order valence-electron chi connectivity index (χ0n) is 13.0. The average molecular weight is 269 g/mol. The molecule has 0 aliphatic carbocycles. The van der Waals surface area contributed by atoms with E-state index in [1.54, 1.807) is 11.9 Å². The topological polar surface area (TPSA) is 46.6 Å². The number of hydrogen-bond acceptors (Lipinski definition) is 3. The summed E-state index contributed by atoms with van der Waals surface area (Å²) in [4.78, 5) is 23.3. The zero-order chi connectivity index (χ0) is 15.1. The summed E-state index contributed by atoms with van der Waals surface area (Å²) >= 11 is 0. The minimum absolute atomic E-state index is 0.131. The third-order valence-electron chi connectivity index (χ3n) is 2.64. The third-order valence-corrected chi connectivity index (χ3v) is 2.64. The summed E-state index contributed by atoms with van der Waals surface area (Å²) in [7, 11) is 1.72. The molecule has 0 aliphatic rings. The normalized spacial score (nSPS) is 12.7. The fourth-order valence-corrected chi connectivity index (χ4v) is 1.28. The van der Waals surface area contributed by atoms with Gasteiger partial charge in [-0.15, -0.1) is 0 Å². The van der Waals surface area contributed by atoms with Crippen molar-refractivity contribution in [2.45, 2.75) is 46.6 Å². The largest absolute Gasteiger partial charge is 0.375 e. The van der Waals surface area contributed by atoms with Gasteiger partial charge in [0.15, 0.2) is 0 Å². The van der Waals surface area contributed by atoms with Crippen LogP contribution in [0.1, 0.15) is 41.0 Å². The van der Waals surface area contributed by atoms with Crippen molar-refractivity contribution in [3.05, 3.63) is 12.2 Å². The highest BCUT2D eigenvalue weighted by Gasteiger charge is 2.23. The summed E-state index contributed by atoms with van der Waals surface area (Å²) in [6, 6.07) is 0. The quantitative estimate of drug-likeness (QED) is 0.527. The first-order valence-electron chi connectivity index (χ1n) is 6.58. The molecule has 1 amide bonds. The number of nitrogens with zero attached hydrogens (tertiary/aromatic N) is 1. The number of hydrogen-bond donors (Lipinski definition) is 0. The minimum atomic E-state index is -0.268. The van der Waals surface area contributed by atoms with Crippen molar-refractivity contribution in [3.63, 3.8) is 0 Å². The van der Waals surface area contributed by atoms with E-state index in [0.717, 1.165) is 6.42 Å². The van der Waals surface area contributed by atoms with Crippen LogP contribution in [0.4, 0.5) is 0 Å². The van der Waals surface area contributed by atoms with E-state index >= 15 is 0 Å². The zero-order valence-corrected chi connectivity index (χ0v) is 13.0. The van der Waals surface area contributed by atoms with E-state index in [0.29, 0.717) is 19.4 Å². The van der Waals surface area contributed by atoms with Crippen LogP contribution in [-0.4, -0.2) is 42.9 Å². The first kappa shape index (κ1) is 17.8. The molecule has 0 radical (unpaired) electrons. The van der Waals surface area contributed by atoms with Crippen LogP contribution in [0, 0.1) is 5.41 Å². The van der Waals surface area contributed by atoms with Gasteiger partial charge in [-0.1, -0.05) is 20.8 Å². The number of allylic oxidation sites excluding steroid dienone is 1. The van der Waals surface area contributed by atoms with Gasteiger partial charge in [0, 0.05) is 19.7 Å². The van der Waals surface area contributed by atoms with Crippen molar-refractivity contribution in [1.29, 1.82) is 0 Å². The molecule has 0 aliphatic heterocycles. The van der Waals surface area contributed by atoms with Gasteiger partial charge in [-0.2, -0.15) is 0 Å². The second-order valence-electron chi connectivity index (χ2n) is 6.61. The molecule has 19 heavy (non-hydrogen) atoms. The number of aldehydes is 1. The van der Waals surface area contributed by atoms with Gasteiger partial charge >= 0.3 is 0 Å². The summed E-state index contributed by atoms with van der Waals surface area (Å²) in [5, 5.41) is 0. The molecule has 0 aromatic rings. The van der Waals surface area contributed by atoms with Crippen molar-refractivity contribution in [2.24, 2.45) is 5.41 Å². The molecule has 0 spiro atoms. The molecular weight excluding hydrogens is 242 g/mol. The van der Waals surface area contributed by atoms with Crippen LogP contribution in [0.5, 0.6) is 0 Å². The molecule has 0 atom stereocenters. The Balaban J connectivity index is 4.19. The predicted octanol–water partition coefficient (Wildman–Crippen LogP) is 2.43. The number of amides is 1. The molecule has 0 N–H and O–H groups in total. The van der Waals surface area contributed by atoms with Gasteiger partial charge in [-0.05, 0) is 31.8 Å². The van der Waals surface area contributed by atoms with E-state index in [4.69, 9.17) is 4.74 Å². The Kier molecular flexibility index (Phi) is 6.98. The Morgan fingerprint density at radius 3 is 2.26 bits per heavy atom. The Labute approximate surface area is 116 Å². The Hall–Kier alpha value is -1.16. The van der Waals surface area contributed by atoms with Crippen molar-refractivity contribution in [3.8, 4) is 0 Å². The van der Waals surface area contributed by atoms with Gasteiger partial charge in [-0.3, -0.25) is 9.59 Å². The molecule has 0 fully saturated rings. The highest BCUT2D eigenvalue weighted by molar-refractivity contribution is 5.90. The lowest BCUT2D eigenvalue weighted by atomic mass is 9.97. The lowest BCUT2D eigenvalue weighted by Gasteiger charge is -2.31. The maximum Gasteiger partial charge on any atom is 0.246 e. The second-order valence-corrected chi connectivity index (χ2v) is 6.61. The van der Waals surface area contributed by atoms with E-state index < -0.39 is 0 Å². The molecule has 0 saturated carbocycles. The van der Waals surface area contributed by atoms with Gasteiger partial charge in [0.25, 0.3) is 0 Å². The number of rotatable bonds is 7. The van der Waals surface area contributed by atoms with Crippen molar-refractivity contribution in [1.82, 2.24) is 4.90 Å². The van der Waals surface area contributed by atoms with Crippen LogP contribution in [0.15, 0.2) is 12.2 Å². The first-order chi connectivity index (χ1) is 8.57. The standard InChI is InChI=1S/C15H27NO3/c1-14(2,3)12-19-15(4,5)9-10-16(6)13(18)8-7-11-17/h7-8,11H,9-10,12H2,1-6H3/b8-7-. The van der Waals surface area contributed by atoms with Gasteiger partial charge in [0.2, 0.25) is 5.91 Å². The van der Waals surface area contributed by atoms with Crippen LogP contribution in [-0.2, 0) is 14.3 Å². The number of carbonyl (C=O) groups is 2. The Morgan fingerprint density at radius 2 is 1.79 bits per heavy atom. The van der Waals surface area contributed by atoms with Crippen molar-refractivity contribution in [2.75, 3.05) is 20.2 Å². The van der Waals surface area contributed by atoms with Crippen LogP contribution >= 0.6 is 0 Å². The first-order valence-corrected chi connectivity index (χ1v) is 6.58. The summed E-state index contributed by atoms with van der Waals surface area (Å²) in [6.45, 7) is 11.7. The van der Waals surface area contributed by atoms with Crippen LogP contribution < -0.4 is 0 Å². The number of likely N-dealkylation sites (N-methyl/N-ethyl adjacent to an activating group) is 1. The molecule has 0 aromatic heterocycles. The van der Waals surface area contributed by atoms with Crippen LogP contribution in [0.25, 0.3) is 0 Å². The highest BCUT2D eigenvalue weighted by atomic mass is 16.5. The summed E-state index contributed by atoms with van der Waals surface area (Å²) in [6.07, 6.45) is 3.83. The van der Waals surface area contributed by atoms with Gasteiger partial charge < -0.3 is 9.64 Å². The lowest BCUT2D eigenvalue weighted by molar-refractivity contribution is -0.126. The Morgan fingerprint density at radius 1 is 1.21 bits per heavy atom. The lowest BCUT2D eigenvalue weighted by Crippen LogP contribution is -2.35. The molecule has 0 unspecified atom stereocenters. The number of ether oxygens (including phenoxy) is 1. The van der Waals surface area contributed by atoms with E-state index in [1.165, 1.54) is 12.2 Å². The van der Waals surface area contributed by atoms with Crippen molar-refractivity contribution >= 4 is 12.2 Å². The molecule has 0 saturated heterocycles. The second kappa shape index (κ2) is 7.43. The van der Waals surface area contributed by atoms with Crippen LogP contribution in [0.3, 0.4) is 0 Å². The summed E-state index contributed by atoms with van der Waals surface area (Å²) < 4.78 is 5.89. The summed E-state index contributed by atoms with van der Waals surface area (Å²) in [5.74, 6) is -0.168. The molecule has 4 heteroatoms. The monoisotopic (exact) mass is 269 g/mol. The molecule has 0 heterocycles. The maximum atomic E-state index is 11.6. The number of carbonyl (C=O) groups excluding carboxylic acids is 2. The molecule has 0 aromatic carbocycles. The van der Waals surface area contributed by atoms with E-state index in [-0.39, 0.29) is 16.9 Å². The highest BCUT2D eigenvalue weighted by Crippen LogP contribution is 2.21. The van der Waals surface area contributed by atoms with Gasteiger partial charge in [0.1, 0.15) is 6.29 Å². The molecular formula is C15H27NO3. The Bertz CT molecular complexity index is 327. The minimum Gasteiger partial charge on any atom is -0.375 e. The molecule has 0 bridgehead atoms. The SMILES string of the molecule is CN(CCC(C)(C)OCC(C)(C)C)C(=O)/C=C\C=O. The molecule has 0 rings (SSSR count). The van der Waals surface area contributed by atoms with Crippen LogP contribution in [0.2, 0.25) is 0 Å². The molecule has 110 valence electrons. The third kappa shape index (κ3) is 9.42. The molecule has 4 nitrogen and oxygen atoms in total. The average Bonchev–Trinajstić information content (AvgIpc) is 2.30. The van der Waals surface area contributed by atoms with E-state index in [1.807, 2.05) is 13.8 Å². The van der Waals surface area contributed by atoms with Gasteiger partial charge in [0.05, 0.1) is 12.2 Å². The van der Waals surface area contributed by atoms with Crippen molar-refractivity contribution < 1.29 is 14.3 Å². The fraction of sp³-hybridized carbons (Fsp3) is 0.733. The fourth-order valence-electron chi connectivity index (χ4n) is 1.28. The van der Waals surface area contributed by atoms with E-state index in [2.05, 4.69) is 20.8 Å². The maximum absolute atomic E-state index is 11.6. The van der Waals surface area contributed by atoms with E-state index in [9.17, 15) is 9.59 Å². The van der Waals surface area contributed by atoms with Gasteiger partial charge in [-0.25, -0.2) is 0 Å². The smallest absolute Gasteiger partial charge is 0.246 e. The summed E-state index contributed by atoms with van der Waals surface area (Å²) in [5.41, 5.74) is -0.137. The predicted molar refractivity (Wildman–Crippen MR) is 76.9 cm³/mol.